The molecular weight excluding hydrogens is 351 g/mol. The maximum Gasteiger partial charge on any atom is 0.123 e. The number of piperazine rings is 1. The molecule has 1 aromatic heterocycles. The molecule has 2 nitrogen and oxygen atoms in total. The molecule has 0 unspecified atom stereocenters. The molecule has 1 aliphatic rings. The molecule has 3 rings (SSSR count). The molecule has 112 valence electrons. The normalized spacial score (nSPS) is 17.2. The van der Waals surface area contributed by atoms with E-state index in [1.807, 2.05) is 23.5 Å². The van der Waals surface area contributed by atoms with Gasteiger partial charge in [0.05, 0.1) is 0 Å². The lowest BCUT2D eigenvalue weighted by Crippen LogP contribution is -2.45. The van der Waals surface area contributed by atoms with E-state index in [1.54, 1.807) is 12.1 Å². The van der Waals surface area contributed by atoms with Crippen LogP contribution in [-0.4, -0.2) is 36.0 Å². The number of nitrogens with zero attached hydrogens (tertiary/aromatic N) is 2. The summed E-state index contributed by atoms with van der Waals surface area (Å²) in [6, 6.07) is 8.96. The lowest BCUT2D eigenvalue weighted by molar-refractivity contribution is 0.122. The largest absolute Gasteiger partial charge is 0.297 e. The van der Waals surface area contributed by atoms with Crippen molar-refractivity contribution >= 4 is 27.3 Å². The lowest BCUT2D eigenvalue weighted by atomic mass is 10.2. The molecule has 0 amide bonds. The summed E-state index contributed by atoms with van der Waals surface area (Å²) in [6.45, 7) is 6.26. The average Bonchev–Trinajstić information content (AvgIpc) is 2.89. The minimum atomic E-state index is -0.162. The third kappa shape index (κ3) is 4.13. The first-order valence-corrected chi connectivity index (χ1v) is 8.79. The molecule has 0 spiro atoms. The van der Waals surface area contributed by atoms with Gasteiger partial charge in [-0.15, -0.1) is 11.3 Å². The Labute approximate surface area is 137 Å². The fourth-order valence-electron chi connectivity index (χ4n) is 2.59. The van der Waals surface area contributed by atoms with Gasteiger partial charge in [-0.25, -0.2) is 4.39 Å². The van der Waals surface area contributed by atoms with Crippen molar-refractivity contribution in [2.45, 2.75) is 13.1 Å². The van der Waals surface area contributed by atoms with Crippen LogP contribution >= 0.6 is 27.3 Å². The Morgan fingerprint density at radius 2 is 1.57 bits per heavy atom. The first kappa shape index (κ1) is 15.2. The van der Waals surface area contributed by atoms with Crippen LogP contribution in [-0.2, 0) is 13.1 Å². The van der Waals surface area contributed by atoms with Crippen LogP contribution in [0.5, 0.6) is 0 Å². The minimum Gasteiger partial charge on any atom is -0.297 e. The minimum absolute atomic E-state index is 0.162. The van der Waals surface area contributed by atoms with Crippen molar-refractivity contribution in [2.24, 2.45) is 0 Å². The Bertz CT molecular complexity index is 576. The molecule has 2 aromatic rings. The Kier molecular flexibility index (Phi) is 5.06. The third-order valence-electron chi connectivity index (χ3n) is 3.84. The summed E-state index contributed by atoms with van der Waals surface area (Å²) in [7, 11) is 0. The monoisotopic (exact) mass is 368 g/mol. The quantitative estimate of drug-likeness (QED) is 0.805. The molecule has 1 aliphatic heterocycles. The Balaban J connectivity index is 1.49. The molecule has 0 saturated carbocycles. The van der Waals surface area contributed by atoms with Gasteiger partial charge in [0, 0.05) is 48.6 Å². The number of halogens is 2. The van der Waals surface area contributed by atoms with Crippen molar-refractivity contribution in [2.75, 3.05) is 26.2 Å². The molecule has 5 heteroatoms. The Morgan fingerprint density at radius 1 is 0.952 bits per heavy atom. The molecule has 0 aliphatic carbocycles. The first-order valence-electron chi connectivity index (χ1n) is 7.12. The van der Waals surface area contributed by atoms with Crippen LogP contribution < -0.4 is 0 Å². The molecule has 0 atom stereocenters. The zero-order valence-corrected chi connectivity index (χ0v) is 14.2. The van der Waals surface area contributed by atoms with Crippen LogP contribution in [0.15, 0.2) is 40.2 Å². The van der Waals surface area contributed by atoms with E-state index in [0.29, 0.717) is 0 Å². The first-order chi connectivity index (χ1) is 10.2. The summed E-state index contributed by atoms with van der Waals surface area (Å²) in [6.07, 6.45) is 0. The van der Waals surface area contributed by atoms with E-state index < -0.39 is 0 Å². The summed E-state index contributed by atoms with van der Waals surface area (Å²) in [5.41, 5.74) is 1.19. The topological polar surface area (TPSA) is 6.48 Å². The molecule has 1 saturated heterocycles. The van der Waals surface area contributed by atoms with E-state index in [-0.39, 0.29) is 5.82 Å². The van der Waals surface area contributed by atoms with E-state index in [2.05, 4.69) is 37.2 Å². The van der Waals surface area contributed by atoms with Gasteiger partial charge in [-0.3, -0.25) is 9.80 Å². The van der Waals surface area contributed by atoms with Crippen LogP contribution in [0.4, 0.5) is 4.39 Å². The van der Waals surface area contributed by atoms with E-state index in [1.165, 1.54) is 14.9 Å². The van der Waals surface area contributed by atoms with Crippen molar-refractivity contribution in [1.82, 2.24) is 9.80 Å². The third-order valence-corrected chi connectivity index (χ3v) is 5.75. The number of thiophene rings is 1. The van der Waals surface area contributed by atoms with Crippen LogP contribution in [0.1, 0.15) is 10.4 Å². The zero-order chi connectivity index (χ0) is 14.7. The summed E-state index contributed by atoms with van der Waals surface area (Å²) >= 11 is 5.41. The second-order valence-corrected chi connectivity index (χ2v) is 7.23. The van der Waals surface area contributed by atoms with E-state index in [9.17, 15) is 4.39 Å². The van der Waals surface area contributed by atoms with Crippen LogP contribution in [0, 0.1) is 5.82 Å². The number of hydrogen-bond donors (Lipinski definition) is 0. The highest BCUT2D eigenvalue weighted by Gasteiger charge is 2.18. The fraction of sp³-hybridized carbons (Fsp3) is 0.375. The molecule has 1 fully saturated rings. The molecule has 21 heavy (non-hydrogen) atoms. The number of rotatable bonds is 4. The molecular formula is C16H18BrFN2S. The molecule has 1 aromatic carbocycles. The van der Waals surface area contributed by atoms with Crippen LogP contribution in [0.25, 0.3) is 0 Å². The second-order valence-electron chi connectivity index (χ2n) is 5.37. The molecule has 0 N–H and O–H groups in total. The van der Waals surface area contributed by atoms with Gasteiger partial charge >= 0.3 is 0 Å². The molecule has 0 radical (unpaired) electrons. The van der Waals surface area contributed by atoms with Crippen molar-refractivity contribution in [3.05, 3.63) is 56.4 Å². The highest BCUT2D eigenvalue weighted by molar-refractivity contribution is 9.10. The zero-order valence-electron chi connectivity index (χ0n) is 11.8. The van der Waals surface area contributed by atoms with Gasteiger partial charge in [0.1, 0.15) is 5.82 Å². The smallest absolute Gasteiger partial charge is 0.123 e. The fourth-order valence-corrected chi connectivity index (χ4v) is 4.11. The van der Waals surface area contributed by atoms with Crippen molar-refractivity contribution < 1.29 is 4.39 Å². The maximum atomic E-state index is 12.9. The number of benzene rings is 1. The lowest BCUT2D eigenvalue weighted by Gasteiger charge is -2.34. The van der Waals surface area contributed by atoms with E-state index in [4.69, 9.17) is 0 Å². The van der Waals surface area contributed by atoms with Gasteiger partial charge in [-0.05, 0) is 45.1 Å². The predicted octanol–water partition coefficient (Wildman–Crippen LogP) is 3.97. The van der Waals surface area contributed by atoms with Gasteiger partial charge in [0.2, 0.25) is 0 Å². The van der Waals surface area contributed by atoms with Crippen LogP contribution in [0.3, 0.4) is 0 Å². The van der Waals surface area contributed by atoms with E-state index in [0.717, 1.165) is 39.3 Å². The van der Waals surface area contributed by atoms with E-state index >= 15 is 0 Å². The average molecular weight is 369 g/mol. The summed E-state index contributed by atoms with van der Waals surface area (Å²) < 4.78 is 14.1. The van der Waals surface area contributed by atoms with Gasteiger partial charge in [-0.1, -0.05) is 12.1 Å². The second kappa shape index (κ2) is 7.01. The Morgan fingerprint density at radius 3 is 2.14 bits per heavy atom. The molecule has 2 heterocycles. The van der Waals surface area contributed by atoms with Crippen LogP contribution in [0.2, 0.25) is 0 Å². The highest BCUT2D eigenvalue weighted by Crippen LogP contribution is 2.24. The SMILES string of the molecule is Fc1ccc(CN2CCN(Cc3sccc3Br)CC2)cc1. The summed E-state index contributed by atoms with van der Waals surface area (Å²) in [5.74, 6) is -0.162. The van der Waals surface area contributed by atoms with Gasteiger partial charge in [0.15, 0.2) is 0 Å². The standard InChI is InChI=1S/C16H18BrFN2S/c17-15-5-10-21-16(15)12-20-8-6-19(7-9-20)11-13-1-3-14(18)4-2-13/h1-5,10H,6-9,11-12H2. The number of hydrogen-bond acceptors (Lipinski definition) is 3. The Hall–Kier alpha value is -0.750. The van der Waals surface area contributed by atoms with Crippen molar-refractivity contribution in [1.29, 1.82) is 0 Å². The maximum absolute atomic E-state index is 12.9. The van der Waals surface area contributed by atoms with Gasteiger partial charge in [0.25, 0.3) is 0 Å². The van der Waals surface area contributed by atoms with Gasteiger partial charge < -0.3 is 0 Å². The molecule has 0 bridgehead atoms. The van der Waals surface area contributed by atoms with Gasteiger partial charge in [-0.2, -0.15) is 0 Å². The van der Waals surface area contributed by atoms with Crippen molar-refractivity contribution in [3.63, 3.8) is 0 Å². The summed E-state index contributed by atoms with van der Waals surface area (Å²) in [5, 5.41) is 2.13. The highest BCUT2D eigenvalue weighted by atomic mass is 79.9. The summed E-state index contributed by atoms with van der Waals surface area (Å²) in [4.78, 5) is 6.34. The predicted molar refractivity (Wildman–Crippen MR) is 89.0 cm³/mol. The van der Waals surface area contributed by atoms with Crippen molar-refractivity contribution in [3.8, 4) is 0 Å².